The van der Waals surface area contributed by atoms with Crippen LogP contribution < -0.4 is 0 Å². The molecule has 0 unspecified atom stereocenters. The lowest BCUT2D eigenvalue weighted by atomic mass is 10.2. The second kappa shape index (κ2) is 5.79. The van der Waals surface area contributed by atoms with Crippen molar-refractivity contribution < 1.29 is 4.79 Å². The third-order valence-corrected chi connectivity index (χ3v) is 2.52. The molecule has 0 spiro atoms. The normalized spacial score (nSPS) is 18.0. The highest BCUT2D eigenvalue weighted by Gasteiger charge is 2.13. The van der Waals surface area contributed by atoms with Gasteiger partial charge in [0.1, 0.15) is 0 Å². The van der Waals surface area contributed by atoms with Gasteiger partial charge in [-0.25, -0.2) is 0 Å². The molecule has 2 nitrogen and oxygen atoms in total. The van der Waals surface area contributed by atoms with Crippen LogP contribution in [0.1, 0.15) is 38.5 Å². The highest BCUT2D eigenvalue weighted by atomic mass is 16.2. The Hall–Kier alpha value is -0.790. The van der Waals surface area contributed by atoms with Crippen LogP contribution in [0.5, 0.6) is 0 Å². The first-order chi connectivity index (χ1) is 6.34. The van der Waals surface area contributed by atoms with E-state index in [0.717, 1.165) is 19.5 Å². The van der Waals surface area contributed by atoms with E-state index in [1.54, 1.807) is 0 Å². The van der Waals surface area contributed by atoms with Gasteiger partial charge in [0.05, 0.1) is 0 Å². The van der Waals surface area contributed by atoms with Crippen LogP contribution in [0.4, 0.5) is 0 Å². The summed E-state index contributed by atoms with van der Waals surface area (Å²) in [6.45, 7) is 5.56. The largest absolute Gasteiger partial charge is 0.343 e. The summed E-state index contributed by atoms with van der Waals surface area (Å²) in [6.07, 6.45) is 8.20. The van der Waals surface area contributed by atoms with Gasteiger partial charge >= 0.3 is 0 Å². The van der Waals surface area contributed by atoms with Crippen molar-refractivity contribution in [1.29, 1.82) is 0 Å². The average Bonchev–Trinajstić information content (AvgIpc) is 2.42. The molecule has 1 amide bonds. The van der Waals surface area contributed by atoms with Crippen LogP contribution in [0.15, 0.2) is 12.7 Å². The Balaban J connectivity index is 2.30. The van der Waals surface area contributed by atoms with E-state index < -0.39 is 0 Å². The standard InChI is InChI=1S/C11H19NO/c1-2-3-8-11(13)12-9-6-4-5-7-10-12/h2H,1,3-10H2. The van der Waals surface area contributed by atoms with Crippen LogP contribution >= 0.6 is 0 Å². The molecule has 74 valence electrons. The summed E-state index contributed by atoms with van der Waals surface area (Å²) >= 11 is 0. The van der Waals surface area contributed by atoms with Crippen LogP contribution in [0.25, 0.3) is 0 Å². The summed E-state index contributed by atoms with van der Waals surface area (Å²) in [4.78, 5) is 13.6. The summed E-state index contributed by atoms with van der Waals surface area (Å²) in [7, 11) is 0. The maximum absolute atomic E-state index is 11.6. The molecule has 0 N–H and O–H groups in total. The SMILES string of the molecule is C=CCCC(=O)N1CCCCCC1. The second-order valence-electron chi connectivity index (χ2n) is 3.62. The Morgan fingerprint density at radius 2 is 1.85 bits per heavy atom. The Kier molecular flexibility index (Phi) is 4.58. The summed E-state index contributed by atoms with van der Waals surface area (Å²) in [6, 6.07) is 0. The Morgan fingerprint density at radius 3 is 2.38 bits per heavy atom. The number of nitrogens with zero attached hydrogens (tertiary/aromatic N) is 1. The third-order valence-electron chi connectivity index (χ3n) is 2.52. The van der Waals surface area contributed by atoms with E-state index in [4.69, 9.17) is 0 Å². The van der Waals surface area contributed by atoms with Crippen molar-refractivity contribution in [2.45, 2.75) is 38.5 Å². The van der Waals surface area contributed by atoms with Crippen LogP contribution in [-0.2, 0) is 4.79 Å². The number of allylic oxidation sites excluding steroid dienone is 1. The van der Waals surface area contributed by atoms with E-state index >= 15 is 0 Å². The molecule has 0 aromatic heterocycles. The number of rotatable bonds is 3. The molecule has 1 fully saturated rings. The molecule has 0 aromatic carbocycles. The number of hydrogen-bond acceptors (Lipinski definition) is 1. The monoisotopic (exact) mass is 181 g/mol. The van der Waals surface area contributed by atoms with Crippen molar-refractivity contribution in [3.8, 4) is 0 Å². The molecular formula is C11H19NO. The minimum Gasteiger partial charge on any atom is -0.343 e. The predicted molar refractivity (Wildman–Crippen MR) is 54.5 cm³/mol. The summed E-state index contributed by atoms with van der Waals surface area (Å²) in [5, 5.41) is 0. The third kappa shape index (κ3) is 3.62. The molecule has 0 atom stereocenters. The van der Waals surface area contributed by atoms with Crippen LogP contribution in [0.3, 0.4) is 0 Å². The molecule has 13 heavy (non-hydrogen) atoms. The van der Waals surface area contributed by atoms with Crippen LogP contribution in [0.2, 0.25) is 0 Å². The van der Waals surface area contributed by atoms with E-state index in [1.807, 2.05) is 11.0 Å². The molecule has 1 rings (SSSR count). The Bertz CT molecular complexity index is 169. The first kappa shape index (κ1) is 10.3. The van der Waals surface area contributed by atoms with Gasteiger partial charge in [-0.3, -0.25) is 4.79 Å². The number of carbonyl (C=O) groups is 1. The molecule has 1 saturated heterocycles. The molecule has 0 aliphatic carbocycles. The maximum atomic E-state index is 11.6. The van der Waals surface area contributed by atoms with E-state index in [-0.39, 0.29) is 0 Å². The maximum Gasteiger partial charge on any atom is 0.222 e. The van der Waals surface area contributed by atoms with Gasteiger partial charge in [-0.1, -0.05) is 18.9 Å². The van der Waals surface area contributed by atoms with Gasteiger partial charge < -0.3 is 4.90 Å². The fourth-order valence-corrected chi connectivity index (χ4v) is 1.70. The quantitative estimate of drug-likeness (QED) is 0.612. The first-order valence-corrected chi connectivity index (χ1v) is 5.23. The minimum atomic E-state index is 0.307. The smallest absolute Gasteiger partial charge is 0.222 e. The molecule has 1 aliphatic heterocycles. The van der Waals surface area contributed by atoms with Gasteiger partial charge in [0.2, 0.25) is 5.91 Å². The Morgan fingerprint density at radius 1 is 1.23 bits per heavy atom. The highest BCUT2D eigenvalue weighted by Crippen LogP contribution is 2.11. The van der Waals surface area contributed by atoms with E-state index in [9.17, 15) is 4.79 Å². The van der Waals surface area contributed by atoms with Crippen LogP contribution in [-0.4, -0.2) is 23.9 Å². The van der Waals surface area contributed by atoms with E-state index in [1.165, 1.54) is 25.7 Å². The zero-order valence-electron chi connectivity index (χ0n) is 8.30. The lowest BCUT2D eigenvalue weighted by Gasteiger charge is -2.19. The number of amides is 1. The molecule has 0 radical (unpaired) electrons. The van der Waals surface area contributed by atoms with Gasteiger partial charge in [-0.15, -0.1) is 6.58 Å². The Labute approximate surface area is 80.6 Å². The van der Waals surface area contributed by atoms with Gasteiger partial charge in [0, 0.05) is 19.5 Å². The molecule has 0 bridgehead atoms. The average molecular weight is 181 g/mol. The van der Waals surface area contributed by atoms with Crippen molar-refractivity contribution >= 4 is 5.91 Å². The van der Waals surface area contributed by atoms with Crippen molar-refractivity contribution in [3.63, 3.8) is 0 Å². The fourth-order valence-electron chi connectivity index (χ4n) is 1.70. The van der Waals surface area contributed by atoms with E-state index in [0.29, 0.717) is 12.3 Å². The number of likely N-dealkylation sites (tertiary alicyclic amines) is 1. The number of hydrogen-bond donors (Lipinski definition) is 0. The fraction of sp³-hybridized carbons (Fsp3) is 0.727. The zero-order chi connectivity index (χ0) is 9.52. The lowest BCUT2D eigenvalue weighted by molar-refractivity contribution is -0.131. The predicted octanol–water partition coefficient (Wildman–Crippen LogP) is 2.36. The molecule has 0 aromatic rings. The molecule has 1 aliphatic rings. The molecular weight excluding hydrogens is 162 g/mol. The second-order valence-corrected chi connectivity index (χ2v) is 3.62. The molecule has 2 heteroatoms. The minimum absolute atomic E-state index is 0.307. The first-order valence-electron chi connectivity index (χ1n) is 5.23. The summed E-state index contributed by atoms with van der Waals surface area (Å²) < 4.78 is 0. The van der Waals surface area contributed by atoms with Crippen LogP contribution in [0, 0.1) is 0 Å². The van der Waals surface area contributed by atoms with Gasteiger partial charge in [-0.2, -0.15) is 0 Å². The van der Waals surface area contributed by atoms with Gasteiger partial charge in [-0.05, 0) is 19.3 Å². The zero-order valence-corrected chi connectivity index (χ0v) is 8.30. The van der Waals surface area contributed by atoms with E-state index in [2.05, 4.69) is 6.58 Å². The van der Waals surface area contributed by atoms with Crippen molar-refractivity contribution in [2.24, 2.45) is 0 Å². The van der Waals surface area contributed by atoms with Gasteiger partial charge in [0.25, 0.3) is 0 Å². The topological polar surface area (TPSA) is 20.3 Å². The highest BCUT2D eigenvalue weighted by molar-refractivity contribution is 5.76. The van der Waals surface area contributed by atoms with Crippen molar-refractivity contribution in [1.82, 2.24) is 4.90 Å². The van der Waals surface area contributed by atoms with Crippen molar-refractivity contribution in [3.05, 3.63) is 12.7 Å². The lowest BCUT2D eigenvalue weighted by Crippen LogP contribution is -2.31. The van der Waals surface area contributed by atoms with Crippen molar-refractivity contribution in [2.75, 3.05) is 13.1 Å². The summed E-state index contributed by atoms with van der Waals surface area (Å²) in [5.74, 6) is 0.307. The number of carbonyl (C=O) groups excluding carboxylic acids is 1. The molecule has 1 heterocycles. The summed E-state index contributed by atoms with van der Waals surface area (Å²) in [5.41, 5.74) is 0. The molecule has 0 saturated carbocycles. The van der Waals surface area contributed by atoms with Gasteiger partial charge in [0.15, 0.2) is 0 Å².